The highest BCUT2D eigenvalue weighted by Crippen LogP contribution is 2.40. The molecule has 0 aliphatic carbocycles. The number of hydrogen-bond donors (Lipinski definition) is 1. The second-order valence-electron chi connectivity index (χ2n) is 6.67. The molecule has 0 radical (unpaired) electrons. The van der Waals surface area contributed by atoms with Crippen LogP contribution in [0, 0.1) is 0 Å². The van der Waals surface area contributed by atoms with Gasteiger partial charge in [-0.1, -0.05) is 6.07 Å². The van der Waals surface area contributed by atoms with E-state index < -0.39 is 17.0 Å². The molecule has 8 nitrogen and oxygen atoms in total. The Morgan fingerprint density at radius 1 is 1.12 bits per heavy atom. The van der Waals surface area contributed by atoms with E-state index in [9.17, 15) is 13.6 Å². The summed E-state index contributed by atoms with van der Waals surface area (Å²) in [5, 5.41) is 4.72. The van der Waals surface area contributed by atoms with Crippen molar-refractivity contribution in [3.8, 4) is 27.8 Å². The van der Waals surface area contributed by atoms with Crippen LogP contribution < -0.4 is 19.5 Å². The third kappa shape index (κ3) is 4.41. The van der Waals surface area contributed by atoms with Gasteiger partial charge in [0.2, 0.25) is 5.75 Å². The van der Waals surface area contributed by atoms with Crippen molar-refractivity contribution in [2.24, 2.45) is 0 Å². The van der Waals surface area contributed by atoms with Crippen LogP contribution in [-0.4, -0.2) is 41.8 Å². The minimum atomic E-state index is -3.73. The number of ether oxygens (including phenoxy) is 3. The van der Waals surface area contributed by atoms with Crippen LogP contribution in [-0.2, 0) is 5.38 Å². The van der Waals surface area contributed by atoms with Crippen molar-refractivity contribution < 1.29 is 27.8 Å². The lowest BCUT2D eigenvalue weighted by Gasteiger charge is -2.14. The Morgan fingerprint density at radius 2 is 1.82 bits per heavy atom. The molecular formula is C21H17ClF2N4O4S. The molecule has 4 rings (SSSR count). The summed E-state index contributed by atoms with van der Waals surface area (Å²) >= 11 is 6.66. The number of benzene rings is 1. The van der Waals surface area contributed by atoms with Gasteiger partial charge in [0.05, 0.1) is 31.9 Å². The summed E-state index contributed by atoms with van der Waals surface area (Å²) in [4.78, 5) is 17.9. The van der Waals surface area contributed by atoms with E-state index in [1.54, 1.807) is 17.5 Å². The number of aromatic nitrogens is 3. The van der Waals surface area contributed by atoms with E-state index in [0.29, 0.717) is 33.5 Å². The van der Waals surface area contributed by atoms with Gasteiger partial charge in [0.15, 0.2) is 22.8 Å². The molecular weight excluding hydrogens is 478 g/mol. The molecule has 33 heavy (non-hydrogen) atoms. The topological polar surface area (TPSA) is 87.0 Å². The number of amides is 1. The Hall–Kier alpha value is -3.44. The molecule has 12 heteroatoms. The highest BCUT2D eigenvalue weighted by atomic mass is 35.5. The first-order chi connectivity index (χ1) is 15.7. The molecule has 172 valence electrons. The molecule has 0 saturated heterocycles. The molecule has 0 atom stereocenters. The Balaban J connectivity index is 1.74. The number of nitrogens with zero attached hydrogens (tertiary/aromatic N) is 3. The van der Waals surface area contributed by atoms with Crippen molar-refractivity contribution in [1.82, 2.24) is 14.6 Å². The average molecular weight is 495 g/mol. The van der Waals surface area contributed by atoms with E-state index >= 15 is 0 Å². The van der Waals surface area contributed by atoms with Gasteiger partial charge in [-0.25, -0.2) is 9.50 Å². The summed E-state index contributed by atoms with van der Waals surface area (Å²) in [6.07, 6.45) is 0. The lowest BCUT2D eigenvalue weighted by Crippen LogP contribution is -2.15. The number of nitrogens with one attached hydrogen (secondary N) is 1. The van der Waals surface area contributed by atoms with Gasteiger partial charge in [-0.15, -0.1) is 11.3 Å². The summed E-state index contributed by atoms with van der Waals surface area (Å²) in [6, 6.07) is 9.03. The fourth-order valence-corrected chi connectivity index (χ4v) is 4.01. The Kier molecular flexibility index (Phi) is 6.09. The van der Waals surface area contributed by atoms with Crippen molar-refractivity contribution in [1.29, 1.82) is 0 Å². The largest absolute Gasteiger partial charge is 0.493 e. The highest BCUT2D eigenvalue weighted by molar-refractivity contribution is 7.13. The predicted molar refractivity (Wildman–Crippen MR) is 120 cm³/mol. The first-order valence-electron chi connectivity index (χ1n) is 9.38. The molecule has 3 heterocycles. The van der Waals surface area contributed by atoms with Crippen molar-refractivity contribution in [2.75, 3.05) is 26.6 Å². The third-order valence-corrected chi connectivity index (χ3v) is 5.73. The minimum Gasteiger partial charge on any atom is -0.493 e. The summed E-state index contributed by atoms with van der Waals surface area (Å²) < 4.78 is 44.9. The van der Waals surface area contributed by atoms with Crippen molar-refractivity contribution in [3.05, 3.63) is 53.2 Å². The lowest BCUT2D eigenvalue weighted by molar-refractivity contribution is 0.0869. The van der Waals surface area contributed by atoms with E-state index in [0.717, 1.165) is 10.6 Å². The first-order valence-corrected chi connectivity index (χ1v) is 10.6. The van der Waals surface area contributed by atoms with Crippen LogP contribution in [0.3, 0.4) is 0 Å². The number of methoxy groups -OCH3 is 3. The van der Waals surface area contributed by atoms with E-state index in [1.165, 1.54) is 50.9 Å². The normalized spacial score (nSPS) is 11.5. The number of rotatable bonds is 7. The molecule has 3 aromatic heterocycles. The molecule has 1 amide bonds. The quantitative estimate of drug-likeness (QED) is 0.363. The van der Waals surface area contributed by atoms with Crippen LogP contribution in [0.25, 0.3) is 16.2 Å². The second-order valence-corrected chi connectivity index (χ2v) is 8.09. The van der Waals surface area contributed by atoms with E-state index in [-0.39, 0.29) is 11.3 Å². The first kappa shape index (κ1) is 22.7. The zero-order chi connectivity index (χ0) is 23.8. The fraction of sp³-hybridized carbons (Fsp3) is 0.190. The fourth-order valence-electron chi connectivity index (χ4n) is 3.19. The van der Waals surface area contributed by atoms with Gasteiger partial charge >= 0.3 is 5.38 Å². The standard InChI is InChI=1S/C21H17ClF2N4O4S/c1-30-14-7-11(8-15(31-2)19(14)32-3)25-20(29)13-10-18-26-12(16-5-4-6-33-16)9-17(21(22,23)24)28(18)27-13/h4-10H,1-3H3,(H,25,29). The summed E-state index contributed by atoms with van der Waals surface area (Å²) in [5.41, 5.74) is -0.0802. The Bertz CT molecular complexity index is 1300. The lowest BCUT2D eigenvalue weighted by atomic mass is 10.2. The van der Waals surface area contributed by atoms with Gasteiger partial charge in [0.1, 0.15) is 5.69 Å². The molecule has 1 N–H and O–H groups in total. The van der Waals surface area contributed by atoms with Crippen LogP contribution in [0.4, 0.5) is 14.5 Å². The van der Waals surface area contributed by atoms with E-state index in [4.69, 9.17) is 25.8 Å². The molecule has 1 aromatic carbocycles. The SMILES string of the molecule is COc1cc(NC(=O)c2cc3nc(-c4cccs4)cc(C(F)(F)Cl)n3n2)cc(OC)c1OC. The highest BCUT2D eigenvalue weighted by Gasteiger charge is 2.33. The summed E-state index contributed by atoms with van der Waals surface area (Å²) in [7, 11) is 4.34. The van der Waals surface area contributed by atoms with Gasteiger partial charge in [0.25, 0.3) is 5.91 Å². The monoisotopic (exact) mass is 494 g/mol. The molecule has 0 spiro atoms. The maximum atomic E-state index is 14.1. The predicted octanol–water partition coefficient (Wildman–Crippen LogP) is 5.02. The van der Waals surface area contributed by atoms with Crippen LogP contribution in [0.15, 0.2) is 41.8 Å². The molecule has 0 fully saturated rings. The zero-order valence-electron chi connectivity index (χ0n) is 17.6. The van der Waals surface area contributed by atoms with Crippen molar-refractivity contribution in [2.45, 2.75) is 5.38 Å². The smallest absolute Gasteiger partial charge is 0.364 e. The number of hydrogen-bond acceptors (Lipinski definition) is 7. The Labute approximate surface area is 195 Å². The molecule has 0 saturated carbocycles. The van der Waals surface area contributed by atoms with Gasteiger partial charge in [0, 0.05) is 23.9 Å². The van der Waals surface area contributed by atoms with Crippen molar-refractivity contribution >= 4 is 40.2 Å². The number of fused-ring (bicyclic) bond motifs is 1. The molecule has 4 aromatic rings. The molecule has 0 aliphatic heterocycles. The maximum absolute atomic E-state index is 14.1. The van der Waals surface area contributed by atoms with Crippen LogP contribution >= 0.6 is 22.9 Å². The number of carbonyl (C=O) groups excluding carboxylic acids is 1. The number of alkyl halides is 3. The van der Waals surface area contributed by atoms with Crippen molar-refractivity contribution in [3.63, 3.8) is 0 Å². The van der Waals surface area contributed by atoms with Crippen LogP contribution in [0.5, 0.6) is 17.2 Å². The molecule has 0 bridgehead atoms. The maximum Gasteiger partial charge on any atom is 0.364 e. The minimum absolute atomic E-state index is 0.0475. The van der Waals surface area contributed by atoms with Gasteiger partial charge in [-0.05, 0) is 29.1 Å². The van der Waals surface area contributed by atoms with E-state index in [2.05, 4.69) is 15.4 Å². The summed E-state index contributed by atoms with van der Waals surface area (Å²) in [6.45, 7) is 0. The Morgan fingerprint density at radius 3 is 2.36 bits per heavy atom. The van der Waals surface area contributed by atoms with Crippen LogP contribution in [0.2, 0.25) is 0 Å². The average Bonchev–Trinajstić information content (AvgIpc) is 3.46. The number of halogens is 3. The van der Waals surface area contributed by atoms with Gasteiger partial charge in [-0.3, -0.25) is 4.79 Å². The number of carbonyl (C=O) groups is 1. The van der Waals surface area contributed by atoms with Crippen LogP contribution in [0.1, 0.15) is 16.2 Å². The second kappa shape index (κ2) is 8.83. The van der Waals surface area contributed by atoms with Gasteiger partial charge < -0.3 is 19.5 Å². The molecule has 0 aliphatic rings. The van der Waals surface area contributed by atoms with Gasteiger partial charge in [-0.2, -0.15) is 13.9 Å². The summed E-state index contributed by atoms with van der Waals surface area (Å²) in [5.74, 6) is 0.350. The van der Waals surface area contributed by atoms with E-state index in [1.807, 2.05) is 0 Å². The molecule has 0 unspecified atom stereocenters. The zero-order valence-corrected chi connectivity index (χ0v) is 19.1. The number of anilines is 1. The third-order valence-electron chi connectivity index (χ3n) is 4.65. The number of thiophene rings is 1.